The summed E-state index contributed by atoms with van der Waals surface area (Å²) in [5.74, 6) is -0.217. The molecule has 0 saturated heterocycles. The lowest BCUT2D eigenvalue weighted by Gasteiger charge is -2.19. The third-order valence-electron chi connectivity index (χ3n) is 2.36. The third-order valence-corrected chi connectivity index (χ3v) is 3.59. The van der Waals surface area contributed by atoms with E-state index >= 15 is 0 Å². The highest BCUT2D eigenvalue weighted by molar-refractivity contribution is 9.10. The summed E-state index contributed by atoms with van der Waals surface area (Å²) in [6, 6.07) is 7.58. The van der Waals surface area contributed by atoms with Crippen LogP contribution >= 0.6 is 24.0 Å². The standard InChI is InChI=1S/C12H15BrNO4P/c1-10(15)14(7-2-8-19(16)17)18-9-11-3-5-12(13)6-4-11/h3-6H,2,7-9H2,1H3/p+1. The van der Waals surface area contributed by atoms with Crippen LogP contribution in [0.25, 0.3) is 0 Å². The van der Waals surface area contributed by atoms with Crippen molar-refractivity contribution in [3.63, 3.8) is 0 Å². The molecule has 0 aliphatic heterocycles. The van der Waals surface area contributed by atoms with E-state index in [-0.39, 0.29) is 18.7 Å². The fraction of sp³-hybridized carbons (Fsp3) is 0.417. The molecule has 0 radical (unpaired) electrons. The Bertz CT molecular complexity index is 438. The van der Waals surface area contributed by atoms with Crippen molar-refractivity contribution >= 4 is 29.9 Å². The maximum Gasteiger partial charge on any atom is 0.505 e. The predicted molar refractivity (Wildman–Crippen MR) is 75.6 cm³/mol. The zero-order valence-corrected chi connectivity index (χ0v) is 13.1. The van der Waals surface area contributed by atoms with Crippen molar-refractivity contribution in [2.45, 2.75) is 20.0 Å². The van der Waals surface area contributed by atoms with Gasteiger partial charge in [-0.2, -0.15) is 4.89 Å². The Labute approximate surface area is 121 Å². The van der Waals surface area contributed by atoms with Crippen LogP contribution in [0.2, 0.25) is 0 Å². The highest BCUT2D eigenvalue weighted by Gasteiger charge is 2.14. The number of amides is 1. The first-order chi connectivity index (χ1) is 8.99. The van der Waals surface area contributed by atoms with Gasteiger partial charge in [-0.3, -0.25) is 9.63 Å². The lowest BCUT2D eigenvalue weighted by atomic mass is 10.2. The molecule has 1 aromatic carbocycles. The van der Waals surface area contributed by atoms with Crippen LogP contribution in [0.5, 0.6) is 0 Å². The molecular formula is C12H16BrNO4P+. The highest BCUT2D eigenvalue weighted by Crippen LogP contribution is 2.15. The van der Waals surface area contributed by atoms with Crippen molar-refractivity contribution < 1.29 is 19.1 Å². The molecule has 0 heterocycles. The van der Waals surface area contributed by atoms with Crippen molar-refractivity contribution in [1.82, 2.24) is 5.06 Å². The van der Waals surface area contributed by atoms with Gasteiger partial charge in [-0.05, 0) is 22.3 Å². The molecule has 0 saturated carbocycles. The molecule has 7 heteroatoms. The van der Waals surface area contributed by atoms with Gasteiger partial charge in [0.1, 0.15) is 6.61 Å². The van der Waals surface area contributed by atoms with Crippen LogP contribution in [0.4, 0.5) is 0 Å². The summed E-state index contributed by atoms with van der Waals surface area (Å²) >= 11 is 3.34. The summed E-state index contributed by atoms with van der Waals surface area (Å²) in [5.41, 5.74) is 0.947. The van der Waals surface area contributed by atoms with E-state index < -0.39 is 8.03 Å². The number of hydroxylamine groups is 2. The zero-order chi connectivity index (χ0) is 14.3. The number of halogens is 1. The summed E-state index contributed by atoms with van der Waals surface area (Å²) in [6.07, 6.45) is 0.604. The van der Waals surface area contributed by atoms with Gasteiger partial charge >= 0.3 is 8.03 Å². The van der Waals surface area contributed by atoms with Crippen LogP contribution in [0.3, 0.4) is 0 Å². The average molecular weight is 349 g/mol. The van der Waals surface area contributed by atoms with Gasteiger partial charge in [0.25, 0.3) is 0 Å². The van der Waals surface area contributed by atoms with E-state index in [9.17, 15) is 9.36 Å². The highest BCUT2D eigenvalue weighted by atomic mass is 79.9. The molecule has 104 valence electrons. The van der Waals surface area contributed by atoms with Gasteiger partial charge in [-0.15, -0.1) is 0 Å². The maximum atomic E-state index is 11.4. The van der Waals surface area contributed by atoms with Crippen LogP contribution in [0.15, 0.2) is 28.7 Å². The van der Waals surface area contributed by atoms with Crippen molar-refractivity contribution in [3.8, 4) is 0 Å². The monoisotopic (exact) mass is 348 g/mol. The smallest absolute Gasteiger partial charge is 0.273 e. The van der Waals surface area contributed by atoms with E-state index in [1.807, 2.05) is 24.3 Å². The number of rotatable bonds is 7. The summed E-state index contributed by atoms with van der Waals surface area (Å²) in [7, 11) is -2.16. The third kappa shape index (κ3) is 6.78. The maximum absolute atomic E-state index is 11.4. The summed E-state index contributed by atoms with van der Waals surface area (Å²) in [6.45, 7) is 2.01. The number of nitrogens with zero attached hydrogens (tertiary/aromatic N) is 1. The molecule has 1 unspecified atom stereocenters. The van der Waals surface area contributed by atoms with E-state index in [0.717, 1.165) is 10.0 Å². The van der Waals surface area contributed by atoms with Gasteiger partial charge in [0.15, 0.2) is 6.16 Å². The van der Waals surface area contributed by atoms with Crippen LogP contribution < -0.4 is 0 Å². The Morgan fingerprint density at radius 3 is 2.58 bits per heavy atom. The van der Waals surface area contributed by atoms with Gasteiger partial charge < -0.3 is 0 Å². The molecule has 0 aliphatic rings. The molecule has 1 amide bonds. The first-order valence-corrected chi connectivity index (χ1v) is 7.97. The fourth-order valence-corrected chi connectivity index (χ4v) is 2.07. The summed E-state index contributed by atoms with van der Waals surface area (Å²) < 4.78 is 11.5. The van der Waals surface area contributed by atoms with Crippen LogP contribution in [-0.4, -0.2) is 28.6 Å². The van der Waals surface area contributed by atoms with E-state index in [1.165, 1.54) is 12.0 Å². The molecule has 0 aliphatic carbocycles. The van der Waals surface area contributed by atoms with Gasteiger partial charge in [-0.1, -0.05) is 28.1 Å². The van der Waals surface area contributed by atoms with E-state index in [1.54, 1.807) is 0 Å². The number of carbonyl (C=O) groups excluding carboxylic acids is 1. The quantitative estimate of drug-likeness (QED) is 0.607. The lowest BCUT2D eigenvalue weighted by Crippen LogP contribution is -2.30. The van der Waals surface area contributed by atoms with Crippen molar-refractivity contribution in [3.05, 3.63) is 34.3 Å². The molecule has 0 spiro atoms. The Hall–Kier alpha value is -0.810. The minimum atomic E-state index is -2.16. The molecule has 0 aromatic heterocycles. The Balaban J connectivity index is 2.43. The average Bonchev–Trinajstić information content (AvgIpc) is 2.34. The molecule has 1 aromatic rings. The van der Waals surface area contributed by atoms with Gasteiger partial charge in [0.05, 0.1) is 6.54 Å². The van der Waals surface area contributed by atoms with E-state index in [2.05, 4.69) is 15.9 Å². The molecule has 19 heavy (non-hydrogen) atoms. The van der Waals surface area contributed by atoms with E-state index in [0.29, 0.717) is 13.0 Å². The van der Waals surface area contributed by atoms with Gasteiger partial charge in [0.2, 0.25) is 5.91 Å². The molecule has 1 N–H and O–H groups in total. The minimum Gasteiger partial charge on any atom is -0.273 e. The second-order valence-corrected chi connectivity index (χ2v) is 6.02. The number of hydrogen-bond acceptors (Lipinski definition) is 3. The van der Waals surface area contributed by atoms with Gasteiger partial charge in [0, 0.05) is 17.8 Å². The van der Waals surface area contributed by atoms with Crippen LogP contribution in [0, 0.1) is 0 Å². The number of hydrogen-bond donors (Lipinski definition) is 1. The van der Waals surface area contributed by atoms with Crippen molar-refractivity contribution in [2.75, 3.05) is 12.7 Å². The predicted octanol–water partition coefficient (Wildman–Crippen LogP) is 2.85. The SMILES string of the molecule is CC(=O)N(CCC[P+](=O)O)OCc1ccc(Br)cc1. The second-order valence-electron chi connectivity index (χ2n) is 3.95. The van der Waals surface area contributed by atoms with Crippen molar-refractivity contribution in [2.24, 2.45) is 0 Å². The zero-order valence-electron chi connectivity index (χ0n) is 10.6. The number of benzene rings is 1. The Kier molecular flexibility index (Phi) is 7.16. The molecule has 0 fully saturated rings. The van der Waals surface area contributed by atoms with Crippen LogP contribution in [0.1, 0.15) is 18.9 Å². The fourth-order valence-electron chi connectivity index (χ4n) is 1.40. The number of carbonyl (C=O) groups is 1. The molecule has 1 rings (SSSR count). The van der Waals surface area contributed by atoms with E-state index in [4.69, 9.17) is 9.73 Å². The molecule has 5 nitrogen and oxygen atoms in total. The normalized spacial score (nSPS) is 11.2. The second kappa shape index (κ2) is 8.38. The van der Waals surface area contributed by atoms with Gasteiger partial charge in [-0.25, -0.2) is 5.06 Å². The minimum absolute atomic E-state index is 0.167. The summed E-state index contributed by atoms with van der Waals surface area (Å²) in [5, 5.41) is 1.22. The molecule has 0 bridgehead atoms. The van der Waals surface area contributed by atoms with Crippen molar-refractivity contribution in [1.29, 1.82) is 0 Å². The first-order valence-electron chi connectivity index (χ1n) is 5.78. The largest absolute Gasteiger partial charge is 0.505 e. The Morgan fingerprint density at radius 1 is 1.42 bits per heavy atom. The Morgan fingerprint density at radius 2 is 2.05 bits per heavy atom. The lowest BCUT2D eigenvalue weighted by molar-refractivity contribution is -0.189. The van der Waals surface area contributed by atoms with Crippen LogP contribution in [-0.2, 0) is 20.8 Å². The topological polar surface area (TPSA) is 66.8 Å². The first kappa shape index (κ1) is 16.2. The molecule has 1 atom stereocenters. The summed E-state index contributed by atoms with van der Waals surface area (Å²) in [4.78, 5) is 25.5. The molecular weight excluding hydrogens is 333 g/mol.